The van der Waals surface area contributed by atoms with Gasteiger partial charge in [-0.1, -0.05) is 5.92 Å². The van der Waals surface area contributed by atoms with Crippen LogP contribution >= 0.6 is 0 Å². The average molecular weight is 351 g/mol. The molecule has 6 heteroatoms. The van der Waals surface area contributed by atoms with Crippen LogP contribution in [0.15, 0.2) is 6.33 Å². The van der Waals surface area contributed by atoms with Crippen LogP contribution in [0.25, 0.3) is 11.2 Å². The fraction of sp³-hybridized carbons (Fsp3) is 0.650. The van der Waals surface area contributed by atoms with Crippen molar-refractivity contribution >= 4 is 17.0 Å². The quantitative estimate of drug-likeness (QED) is 0.771. The first kappa shape index (κ1) is 16.1. The van der Waals surface area contributed by atoms with Crippen LogP contribution in [-0.4, -0.2) is 30.2 Å². The third kappa shape index (κ3) is 2.26. The number of aliphatic hydroxyl groups is 1. The first-order chi connectivity index (χ1) is 12.4. The van der Waals surface area contributed by atoms with Crippen LogP contribution in [0.1, 0.15) is 57.8 Å². The maximum absolute atomic E-state index is 11.4. The summed E-state index contributed by atoms with van der Waals surface area (Å²) in [6, 6.07) is 0.226. The minimum atomic E-state index is -0.890. The molecule has 0 amide bonds. The van der Waals surface area contributed by atoms with E-state index in [1.165, 1.54) is 6.42 Å². The average Bonchev–Trinajstić information content (AvgIpc) is 3.02. The first-order valence-corrected chi connectivity index (χ1v) is 9.69. The molecule has 2 aromatic heterocycles. The van der Waals surface area contributed by atoms with Gasteiger partial charge >= 0.3 is 0 Å². The van der Waals surface area contributed by atoms with E-state index in [1.54, 1.807) is 6.33 Å². The summed E-state index contributed by atoms with van der Waals surface area (Å²) >= 11 is 0. The lowest BCUT2D eigenvalue weighted by atomic mass is 9.50. The van der Waals surface area contributed by atoms with Gasteiger partial charge in [0, 0.05) is 6.04 Å². The Kier molecular flexibility index (Phi) is 3.36. The Hall–Kier alpha value is -2.13. The second-order valence-electron chi connectivity index (χ2n) is 8.73. The van der Waals surface area contributed by atoms with Gasteiger partial charge in [0.05, 0.1) is 6.33 Å². The monoisotopic (exact) mass is 351 g/mol. The van der Waals surface area contributed by atoms with Crippen LogP contribution in [0.3, 0.4) is 0 Å². The minimum absolute atomic E-state index is 0.226. The van der Waals surface area contributed by atoms with E-state index >= 15 is 0 Å². The van der Waals surface area contributed by atoms with Gasteiger partial charge in [0.25, 0.3) is 0 Å². The van der Waals surface area contributed by atoms with Gasteiger partial charge in [-0.2, -0.15) is 0 Å². The summed E-state index contributed by atoms with van der Waals surface area (Å²) in [5.74, 6) is 9.15. The molecule has 4 aliphatic carbocycles. The number of hydrogen-bond donors (Lipinski definition) is 2. The SMILES string of the molecule is CC(C)n1cnc2c(N)nc(C#CC3(O)C4CC5CC(C4)CC3C5)nc21. The van der Waals surface area contributed by atoms with E-state index in [9.17, 15) is 5.11 Å². The first-order valence-electron chi connectivity index (χ1n) is 9.69. The van der Waals surface area contributed by atoms with Gasteiger partial charge in [0.2, 0.25) is 5.82 Å². The third-order valence-corrected chi connectivity index (χ3v) is 6.76. The molecule has 0 spiro atoms. The van der Waals surface area contributed by atoms with Gasteiger partial charge in [-0.05, 0) is 75.5 Å². The molecule has 0 aliphatic heterocycles. The zero-order valence-corrected chi connectivity index (χ0v) is 15.3. The summed E-state index contributed by atoms with van der Waals surface area (Å²) in [6.45, 7) is 4.14. The molecule has 6 rings (SSSR count). The Bertz CT molecular complexity index is 907. The van der Waals surface area contributed by atoms with Crippen molar-refractivity contribution in [3.63, 3.8) is 0 Å². The Labute approximate surface area is 153 Å². The molecule has 136 valence electrons. The molecule has 26 heavy (non-hydrogen) atoms. The number of imidazole rings is 1. The normalized spacial score (nSPS) is 35.1. The summed E-state index contributed by atoms with van der Waals surface area (Å²) in [6.07, 6.45) is 7.54. The summed E-state index contributed by atoms with van der Waals surface area (Å²) in [7, 11) is 0. The van der Waals surface area contributed by atoms with Crippen molar-refractivity contribution in [1.29, 1.82) is 0 Å². The molecule has 4 bridgehead atoms. The van der Waals surface area contributed by atoms with E-state index in [0.29, 0.717) is 34.6 Å². The van der Waals surface area contributed by atoms with E-state index in [0.717, 1.165) is 37.5 Å². The second kappa shape index (κ2) is 5.43. The van der Waals surface area contributed by atoms with Crippen molar-refractivity contribution in [3.8, 4) is 11.8 Å². The van der Waals surface area contributed by atoms with E-state index in [4.69, 9.17) is 5.73 Å². The number of nitrogen functional groups attached to an aromatic ring is 1. The fourth-order valence-corrected chi connectivity index (χ4v) is 5.64. The van der Waals surface area contributed by atoms with Crippen molar-refractivity contribution < 1.29 is 5.11 Å². The zero-order chi connectivity index (χ0) is 18.1. The molecule has 2 aromatic rings. The summed E-state index contributed by atoms with van der Waals surface area (Å²) < 4.78 is 1.97. The van der Waals surface area contributed by atoms with Crippen molar-refractivity contribution in [1.82, 2.24) is 19.5 Å². The molecule has 4 fully saturated rings. The second-order valence-corrected chi connectivity index (χ2v) is 8.73. The summed E-state index contributed by atoms with van der Waals surface area (Å²) in [5, 5.41) is 11.4. The van der Waals surface area contributed by atoms with Gasteiger partial charge in [-0.15, -0.1) is 0 Å². The van der Waals surface area contributed by atoms with Crippen molar-refractivity contribution in [2.75, 3.05) is 5.73 Å². The highest BCUT2D eigenvalue weighted by molar-refractivity contribution is 5.82. The van der Waals surface area contributed by atoms with Gasteiger partial charge in [0.1, 0.15) is 11.1 Å². The van der Waals surface area contributed by atoms with Crippen LogP contribution in [-0.2, 0) is 0 Å². The fourth-order valence-electron chi connectivity index (χ4n) is 5.64. The van der Waals surface area contributed by atoms with Crippen LogP contribution in [0, 0.1) is 35.5 Å². The molecule has 0 saturated heterocycles. The smallest absolute Gasteiger partial charge is 0.209 e. The standard InChI is InChI=1S/C20H25N5O/c1-11(2)25-10-22-17-18(21)23-16(24-19(17)25)3-4-20(26)14-6-12-5-13(8-14)9-15(20)7-12/h10-15,26H,5-9H2,1-2H3,(H2,21,23,24). The molecular formula is C20H25N5O. The number of aromatic nitrogens is 4. The molecule has 4 aliphatic rings. The lowest BCUT2D eigenvalue weighted by molar-refractivity contribution is -0.136. The van der Waals surface area contributed by atoms with E-state index in [1.807, 2.05) is 4.57 Å². The highest BCUT2D eigenvalue weighted by atomic mass is 16.3. The third-order valence-electron chi connectivity index (χ3n) is 6.76. The molecule has 2 heterocycles. The highest BCUT2D eigenvalue weighted by Crippen LogP contribution is 2.58. The molecule has 3 N–H and O–H groups in total. The predicted octanol–water partition coefficient (Wildman–Crippen LogP) is 2.53. The van der Waals surface area contributed by atoms with Gasteiger partial charge < -0.3 is 15.4 Å². The maximum atomic E-state index is 11.4. The van der Waals surface area contributed by atoms with Gasteiger partial charge in [-0.3, -0.25) is 0 Å². The number of fused-ring (bicyclic) bond motifs is 1. The van der Waals surface area contributed by atoms with Crippen LogP contribution in [0.4, 0.5) is 5.82 Å². The van der Waals surface area contributed by atoms with E-state index in [2.05, 4.69) is 40.6 Å². The maximum Gasteiger partial charge on any atom is 0.209 e. The number of anilines is 1. The predicted molar refractivity (Wildman–Crippen MR) is 99.0 cm³/mol. The Morgan fingerprint density at radius 1 is 1.15 bits per heavy atom. The Balaban J connectivity index is 1.53. The molecule has 0 atom stereocenters. The Morgan fingerprint density at radius 3 is 2.42 bits per heavy atom. The molecule has 4 saturated carbocycles. The summed E-state index contributed by atoms with van der Waals surface area (Å²) in [4.78, 5) is 13.2. The van der Waals surface area contributed by atoms with E-state index in [-0.39, 0.29) is 6.04 Å². The lowest BCUT2D eigenvalue weighted by Gasteiger charge is -2.56. The van der Waals surface area contributed by atoms with Crippen LogP contribution in [0.2, 0.25) is 0 Å². The molecule has 6 nitrogen and oxygen atoms in total. The lowest BCUT2D eigenvalue weighted by Crippen LogP contribution is -2.56. The number of rotatable bonds is 1. The topological polar surface area (TPSA) is 89.9 Å². The molecular weight excluding hydrogens is 326 g/mol. The van der Waals surface area contributed by atoms with E-state index < -0.39 is 5.60 Å². The zero-order valence-electron chi connectivity index (χ0n) is 15.3. The Morgan fingerprint density at radius 2 is 1.81 bits per heavy atom. The van der Waals surface area contributed by atoms with Gasteiger partial charge in [-0.25, -0.2) is 15.0 Å². The van der Waals surface area contributed by atoms with Crippen molar-refractivity contribution in [2.24, 2.45) is 23.7 Å². The summed E-state index contributed by atoms with van der Waals surface area (Å²) in [5.41, 5.74) is 6.49. The van der Waals surface area contributed by atoms with Crippen molar-refractivity contribution in [2.45, 2.75) is 57.6 Å². The molecule has 0 aromatic carbocycles. The highest BCUT2D eigenvalue weighted by Gasteiger charge is 2.55. The number of nitrogens with zero attached hydrogens (tertiary/aromatic N) is 4. The van der Waals surface area contributed by atoms with Gasteiger partial charge in [0.15, 0.2) is 11.5 Å². The number of nitrogens with two attached hydrogens (primary N) is 1. The largest absolute Gasteiger partial charge is 0.382 e. The molecule has 0 radical (unpaired) electrons. The number of hydrogen-bond acceptors (Lipinski definition) is 5. The minimum Gasteiger partial charge on any atom is -0.382 e. The molecule has 0 unspecified atom stereocenters. The van der Waals surface area contributed by atoms with Crippen LogP contribution in [0.5, 0.6) is 0 Å². The van der Waals surface area contributed by atoms with Crippen LogP contribution < -0.4 is 5.73 Å². The van der Waals surface area contributed by atoms with Crippen molar-refractivity contribution in [3.05, 3.63) is 12.2 Å².